The van der Waals surface area contributed by atoms with E-state index in [4.69, 9.17) is 0 Å². The van der Waals surface area contributed by atoms with Gasteiger partial charge in [0.1, 0.15) is 0 Å². The van der Waals surface area contributed by atoms with E-state index in [0.29, 0.717) is 5.69 Å². The third-order valence-electron chi connectivity index (χ3n) is 3.84. The maximum Gasteiger partial charge on any atom is 0.273 e. The highest BCUT2D eigenvalue weighted by Crippen LogP contribution is 2.28. The fourth-order valence-electron chi connectivity index (χ4n) is 2.68. The van der Waals surface area contributed by atoms with Crippen molar-refractivity contribution >= 4 is 21.8 Å². The smallest absolute Gasteiger partial charge is 0.273 e. The number of rotatable bonds is 5. The Morgan fingerprint density at radius 1 is 1.36 bits per heavy atom. The van der Waals surface area contributed by atoms with Crippen molar-refractivity contribution in [2.45, 2.75) is 45.6 Å². The van der Waals surface area contributed by atoms with Crippen LogP contribution in [0.15, 0.2) is 34.8 Å². The van der Waals surface area contributed by atoms with Gasteiger partial charge in [-0.3, -0.25) is 9.89 Å². The van der Waals surface area contributed by atoms with E-state index in [2.05, 4.69) is 57.4 Å². The first-order chi connectivity index (χ1) is 10.3. The quantitative estimate of drug-likeness (QED) is 0.844. The second-order valence-corrected chi connectivity index (χ2v) is 7.13. The number of hydrogen-bond donors (Lipinski definition) is 2. The van der Waals surface area contributed by atoms with E-state index in [0.717, 1.165) is 16.6 Å². The molecule has 4 nitrogen and oxygen atoms in total. The second kappa shape index (κ2) is 6.65. The van der Waals surface area contributed by atoms with E-state index in [9.17, 15) is 4.79 Å². The summed E-state index contributed by atoms with van der Waals surface area (Å²) >= 11 is 3.38. The number of benzene rings is 1. The first-order valence-electron chi connectivity index (χ1n) is 7.38. The largest absolute Gasteiger partial charge is 0.348 e. The van der Waals surface area contributed by atoms with Gasteiger partial charge >= 0.3 is 0 Å². The van der Waals surface area contributed by atoms with Crippen LogP contribution in [-0.2, 0) is 5.41 Å². The highest BCUT2D eigenvalue weighted by Gasteiger charge is 2.25. The molecule has 0 fully saturated rings. The number of H-pyrrole nitrogens is 1. The van der Waals surface area contributed by atoms with Gasteiger partial charge in [-0.2, -0.15) is 5.10 Å². The lowest BCUT2D eigenvalue weighted by atomic mass is 9.79. The summed E-state index contributed by atoms with van der Waals surface area (Å²) in [6, 6.07) is 10.4. The van der Waals surface area contributed by atoms with Crippen LogP contribution in [0, 0.1) is 6.92 Å². The minimum Gasteiger partial charge on any atom is -0.348 e. The van der Waals surface area contributed by atoms with E-state index >= 15 is 0 Å². The van der Waals surface area contributed by atoms with Gasteiger partial charge in [0.25, 0.3) is 5.91 Å². The van der Waals surface area contributed by atoms with Gasteiger partial charge in [0.05, 0.1) is 4.47 Å². The van der Waals surface area contributed by atoms with Crippen molar-refractivity contribution in [1.82, 2.24) is 15.5 Å². The van der Waals surface area contributed by atoms with Gasteiger partial charge in [0.15, 0.2) is 5.69 Å². The molecule has 5 heteroatoms. The first-order valence-corrected chi connectivity index (χ1v) is 8.17. The number of carbonyl (C=O) groups is 1. The number of carbonyl (C=O) groups excluding carboxylic acids is 1. The Kier molecular flexibility index (Phi) is 5.06. The van der Waals surface area contributed by atoms with Crippen LogP contribution in [0.1, 0.15) is 48.9 Å². The zero-order valence-electron chi connectivity index (χ0n) is 13.4. The summed E-state index contributed by atoms with van der Waals surface area (Å²) < 4.78 is 0.722. The lowest BCUT2D eigenvalue weighted by molar-refractivity contribution is 0.0928. The van der Waals surface area contributed by atoms with Crippen molar-refractivity contribution in [1.29, 1.82) is 0 Å². The Bertz CT molecular complexity index is 649. The Hall–Kier alpha value is -1.62. The molecule has 2 rings (SSSR count). The molecule has 1 aromatic heterocycles. The summed E-state index contributed by atoms with van der Waals surface area (Å²) in [6.07, 6.45) is 0.851. The lowest BCUT2D eigenvalue weighted by Gasteiger charge is -2.29. The molecule has 0 aliphatic rings. The van der Waals surface area contributed by atoms with Crippen LogP contribution in [0.3, 0.4) is 0 Å². The SMILES string of the molecule is Cc1[nH]nc(C(=O)NC(C)CC(C)(C)c2ccccc2)c1Br. The highest BCUT2D eigenvalue weighted by molar-refractivity contribution is 9.10. The number of aryl methyl sites for hydroxylation is 1. The third-order valence-corrected chi connectivity index (χ3v) is 4.81. The van der Waals surface area contributed by atoms with E-state index in [1.54, 1.807) is 0 Å². The molecule has 0 bridgehead atoms. The minimum atomic E-state index is -0.160. The summed E-state index contributed by atoms with van der Waals surface area (Å²) in [4.78, 5) is 12.3. The standard InChI is InChI=1S/C17H22BrN3O/c1-11(10-17(3,4)13-8-6-5-7-9-13)19-16(22)15-14(18)12(2)20-21-15/h5-9,11H,10H2,1-4H3,(H,19,22)(H,20,21). The Morgan fingerprint density at radius 2 is 2.00 bits per heavy atom. The van der Waals surface area contributed by atoms with E-state index in [-0.39, 0.29) is 17.4 Å². The number of nitrogens with zero attached hydrogens (tertiary/aromatic N) is 1. The van der Waals surface area contributed by atoms with Gasteiger partial charge < -0.3 is 5.32 Å². The summed E-state index contributed by atoms with van der Waals surface area (Å²) in [5, 5.41) is 9.87. The average Bonchev–Trinajstić information content (AvgIpc) is 2.79. The van der Waals surface area contributed by atoms with Gasteiger partial charge in [0, 0.05) is 11.7 Å². The maximum atomic E-state index is 12.3. The fraction of sp³-hybridized carbons (Fsp3) is 0.412. The van der Waals surface area contributed by atoms with Crippen LogP contribution < -0.4 is 5.32 Å². The normalized spacial score (nSPS) is 13.0. The van der Waals surface area contributed by atoms with E-state index in [1.807, 2.05) is 32.0 Å². The first kappa shape index (κ1) is 16.7. The molecular formula is C17H22BrN3O. The molecule has 118 valence electrons. The van der Waals surface area contributed by atoms with Crippen molar-refractivity contribution in [3.05, 3.63) is 51.8 Å². The molecule has 0 aliphatic heterocycles. The summed E-state index contributed by atoms with van der Waals surface area (Å²) in [5.74, 6) is -0.160. The van der Waals surface area contributed by atoms with Gasteiger partial charge in [-0.25, -0.2) is 0 Å². The molecule has 0 saturated carbocycles. The predicted molar refractivity (Wildman–Crippen MR) is 92.0 cm³/mol. The third kappa shape index (κ3) is 3.77. The Labute approximate surface area is 139 Å². The highest BCUT2D eigenvalue weighted by atomic mass is 79.9. The van der Waals surface area contributed by atoms with Gasteiger partial charge in [0.2, 0.25) is 0 Å². The van der Waals surface area contributed by atoms with Crippen molar-refractivity contribution in [2.75, 3.05) is 0 Å². The van der Waals surface area contributed by atoms with Crippen molar-refractivity contribution in [3.63, 3.8) is 0 Å². The number of aromatic amines is 1. The minimum absolute atomic E-state index is 0.00726. The molecule has 0 radical (unpaired) electrons. The predicted octanol–water partition coefficient (Wildman–Crippen LogP) is 3.97. The molecule has 1 amide bonds. The van der Waals surface area contributed by atoms with Crippen molar-refractivity contribution in [3.8, 4) is 0 Å². The molecule has 0 saturated heterocycles. The monoisotopic (exact) mass is 363 g/mol. The number of hydrogen-bond acceptors (Lipinski definition) is 2. The zero-order chi connectivity index (χ0) is 16.3. The van der Waals surface area contributed by atoms with Gasteiger partial charge in [-0.15, -0.1) is 0 Å². The van der Waals surface area contributed by atoms with Crippen molar-refractivity contribution in [2.24, 2.45) is 0 Å². The molecule has 2 aromatic rings. The topological polar surface area (TPSA) is 57.8 Å². The zero-order valence-corrected chi connectivity index (χ0v) is 15.0. The summed E-state index contributed by atoms with van der Waals surface area (Å²) in [5.41, 5.74) is 2.52. The number of amides is 1. The second-order valence-electron chi connectivity index (χ2n) is 6.34. The molecule has 2 N–H and O–H groups in total. The molecule has 0 aliphatic carbocycles. The molecule has 22 heavy (non-hydrogen) atoms. The number of halogens is 1. The van der Waals surface area contributed by atoms with Crippen molar-refractivity contribution < 1.29 is 4.79 Å². The molecule has 0 spiro atoms. The number of nitrogens with one attached hydrogen (secondary N) is 2. The van der Waals surface area contributed by atoms with Gasteiger partial charge in [-0.05, 0) is 47.2 Å². The van der Waals surface area contributed by atoms with E-state index in [1.165, 1.54) is 5.56 Å². The summed E-state index contributed by atoms with van der Waals surface area (Å²) in [6.45, 7) is 8.28. The van der Waals surface area contributed by atoms with Crippen LogP contribution in [0.5, 0.6) is 0 Å². The fourth-order valence-corrected chi connectivity index (χ4v) is 3.04. The van der Waals surface area contributed by atoms with Crippen LogP contribution in [0.4, 0.5) is 0 Å². The molecule has 1 unspecified atom stereocenters. The molecular weight excluding hydrogens is 342 g/mol. The molecule has 1 heterocycles. The van der Waals surface area contributed by atoms with E-state index < -0.39 is 0 Å². The molecule has 1 atom stereocenters. The van der Waals surface area contributed by atoms with Crippen LogP contribution in [0.2, 0.25) is 0 Å². The number of aromatic nitrogens is 2. The average molecular weight is 364 g/mol. The maximum absolute atomic E-state index is 12.3. The Balaban J connectivity index is 2.02. The lowest BCUT2D eigenvalue weighted by Crippen LogP contribution is -2.37. The van der Waals surface area contributed by atoms with Crippen LogP contribution >= 0.6 is 15.9 Å². The molecule has 1 aromatic carbocycles. The van der Waals surface area contributed by atoms with Crippen LogP contribution in [0.25, 0.3) is 0 Å². The summed E-state index contributed by atoms with van der Waals surface area (Å²) in [7, 11) is 0. The Morgan fingerprint density at radius 3 is 2.55 bits per heavy atom. The van der Waals surface area contributed by atoms with Gasteiger partial charge in [-0.1, -0.05) is 44.2 Å². The van der Waals surface area contributed by atoms with Crippen LogP contribution in [-0.4, -0.2) is 22.1 Å².